The van der Waals surface area contributed by atoms with Gasteiger partial charge in [0.2, 0.25) is 123 Å². The molecule has 542 valence electrons. The van der Waals surface area contributed by atoms with Gasteiger partial charge in [-0.3, -0.25) is 38.4 Å². The topological polar surface area (TPSA) is 754 Å². The molecular formula is C56H54N24O20S4. The summed E-state index contributed by atoms with van der Waals surface area (Å²) in [7, 11) is -18.9. The monoisotopic (exact) mass is 1510 g/mol. The minimum absolute atomic E-state index is 0.0960. The highest BCUT2D eigenvalue weighted by atomic mass is 32.2. The van der Waals surface area contributed by atoms with Gasteiger partial charge in [0.15, 0.2) is 24.2 Å². The number of amides is 8. The maximum atomic E-state index is 13.3. The van der Waals surface area contributed by atoms with Gasteiger partial charge in [-0.1, -0.05) is 36.4 Å². The van der Waals surface area contributed by atoms with Gasteiger partial charge in [-0.15, -0.1) is 0 Å². The van der Waals surface area contributed by atoms with Crippen molar-refractivity contribution in [3.63, 3.8) is 0 Å². The maximum Gasteiger partial charge on any atom is 0.336 e. The van der Waals surface area contributed by atoms with Crippen molar-refractivity contribution < 1.29 is 91.8 Å². The van der Waals surface area contributed by atoms with Crippen LogP contribution in [0.5, 0.6) is 0 Å². The number of sulfonamides is 4. The van der Waals surface area contributed by atoms with E-state index < -0.39 is 190 Å². The maximum absolute atomic E-state index is 13.3. The van der Waals surface area contributed by atoms with Gasteiger partial charge in [0.25, 0.3) is 0 Å². The van der Waals surface area contributed by atoms with E-state index in [4.69, 9.17) is 45.9 Å². The number of carbonyl (C=O) groups excluding carboxylic acids is 8. The number of anilines is 12. The Balaban J connectivity index is 1.15. The summed E-state index contributed by atoms with van der Waals surface area (Å²) >= 11 is 0. The lowest BCUT2D eigenvalue weighted by Gasteiger charge is -2.16. The van der Waals surface area contributed by atoms with Crippen molar-refractivity contribution in [3.8, 4) is 11.1 Å². The fraction of sp³-hybridized carbons (Fsp3) is 0.0714. The van der Waals surface area contributed by atoms with E-state index in [1.807, 2.05) is 0 Å². The molecule has 2 heterocycles. The summed E-state index contributed by atoms with van der Waals surface area (Å²) in [5.74, 6) is -17.2. The summed E-state index contributed by atoms with van der Waals surface area (Å²) in [6.07, 6.45) is 0. The molecule has 0 bridgehead atoms. The smallest absolute Gasteiger partial charge is 0.336 e. The summed E-state index contributed by atoms with van der Waals surface area (Å²) in [5, 5.41) is 37.9. The number of hydrogen-bond acceptors (Lipinski definition) is 30. The predicted molar refractivity (Wildman–Crippen MR) is 361 cm³/mol. The number of nitrogens with two attached hydrogens (primary N) is 8. The zero-order chi connectivity index (χ0) is 76.5. The normalized spacial score (nSPS) is 11.7. The van der Waals surface area contributed by atoms with E-state index >= 15 is 0 Å². The minimum atomic E-state index is -4.73. The predicted octanol–water partition coefficient (Wildman–Crippen LogP) is -3.95. The molecule has 0 fully saturated rings. The Labute approximate surface area is 584 Å². The van der Waals surface area contributed by atoms with Crippen LogP contribution in [0.3, 0.4) is 0 Å². The van der Waals surface area contributed by atoms with Crippen LogP contribution in [-0.4, -0.2) is 157 Å². The van der Waals surface area contributed by atoms with E-state index in [1.165, 1.54) is 72.8 Å². The molecule has 0 saturated heterocycles. The Morgan fingerprint density at radius 3 is 0.635 bits per heavy atom. The van der Waals surface area contributed by atoms with Gasteiger partial charge < -0.3 is 88.0 Å². The van der Waals surface area contributed by atoms with Crippen LogP contribution in [0.25, 0.3) is 11.1 Å². The molecule has 8 amide bonds. The Morgan fingerprint density at radius 1 is 0.279 bits per heavy atom. The van der Waals surface area contributed by atoms with Crippen molar-refractivity contribution in [2.45, 2.75) is 43.7 Å². The fourth-order valence-electron chi connectivity index (χ4n) is 8.81. The number of hydrogen-bond donors (Lipinski definition) is 20. The van der Waals surface area contributed by atoms with E-state index in [1.54, 1.807) is 18.9 Å². The van der Waals surface area contributed by atoms with E-state index in [9.17, 15) is 91.8 Å². The molecule has 104 heavy (non-hydrogen) atoms. The zero-order valence-electron chi connectivity index (χ0n) is 52.2. The molecule has 0 aliphatic carbocycles. The first-order valence-corrected chi connectivity index (χ1v) is 34.4. The van der Waals surface area contributed by atoms with Crippen molar-refractivity contribution in [2.75, 3.05) is 31.9 Å². The van der Waals surface area contributed by atoms with Crippen LogP contribution < -0.4 is 96.7 Å². The van der Waals surface area contributed by atoms with Crippen molar-refractivity contribution in [2.24, 2.45) is 45.9 Å². The number of nitrogens with one attached hydrogen (secondary N) is 10. The average Bonchev–Trinajstić information content (AvgIpc) is 0.807. The van der Waals surface area contributed by atoms with Gasteiger partial charge in [-0.05, 0) is 108 Å². The van der Waals surface area contributed by atoms with Crippen LogP contribution in [0.4, 0.5) is 69.8 Å². The van der Waals surface area contributed by atoms with Gasteiger partial charge in [0, 0.05) is 34.1 Å². The number of benzene rings is 6. The molecule has 0 saturated carbocycles. The molecule has 0 aliphatic heterocycles. The highest BCUT2D eigenvalue weighted by Crippen LogP contribution is 2.34. The lowest BCUT2D eigenvalue weighted by atomic mass is 9.94. The zero-order valence-corrected chi connectivity index (χ0v) is 55.5. The summed E-state index contributed by atoms with van der Waals surface area (Å²) in [6, 6.07) is 16.6. The van der Waals surface area contributed by atoms with Crippen LogP contribution in [0.15, 0.2) is 153 Å². The molecule has 48 heteroatoms. The first kappa shape index (κ1) is 76.2. The Hall–Kier alpha value is -13.5. The number of aromatic nitrogens is 6. The van der Waals surface area contributed by atoms with Gasteiger partial charge in [0.05, 0.1) is 30.7 Å². The van der Waals surface area contributed by atoms with E-state index in [0.29, 0.717) is 0 Å². The number of aromatic carboxylic acids is 2. The minimum Gasteiger partial charge on any atom is -0.478 e. The molecule has 44 nitrogen and oxygen atoms in total. The number of primary amides is 8. The summed E-state index contributed by atoms with van der Waals surface area (Å²) in [5.41, 5.74) is 39.2. The van der Waals surface area contributed by atoms with Crippen LogP contribution >= 0.6 is 0 Å². The van der Waals surface area contributed by atoms with Gasteiger partial charge in [-0.25, -0.2) is 43.3 Å². The Bertz CT molecular complexity index is 4730. The standard InChI is InChI=1S/C56H54N24O20S4/c57-41(81)37(42(58)82)77-101(93,94)29-9-1-5-23(17-29)65-51-71-52(66-24-6-2-10-30(18-24)102(95,96)78-38(43(59)83)44(60)84)74-55(73-51)69-27-13-15-33(35(21-27)49(89)90)34-16-14-28(22-36(34)50(91)92)70-56-75-53(67-25-7-3-11-31(19-25)103(97,98)79-39(45(61)85)46(62)86)72-54(76-56)68-26-8-4-12-32(20-26)104(99,100)80-40(47(63)87)48(64)88/h1-22,37-40,77-80H,(H2,57,81)(H2,58,82)(H2,59,83)(H2,60,84)(H2,61,85)(H2,62,86)(H2,63,87)(H2,64,88)(H,89,90)(H,91,92)(H3,65,66,69,71,73,74)(H3,67,68,70,72,75,76). The molecule has 0 atom stereocenters. The first-order valence-electron chi connectivity index (χ1n) is 28.4. The number of nitrogens with zero attached hydrogens (tertiary/aromatic N) is 6. The van der Waals surface area contributed by atoms with Crippen molar-refractivity contribution in [3.05, 3.63) is 145 Å². The van der Waals surface area contributed by atoms with Gasteiger partial charge >= 0.3 is 11.9 Å². The van der Waals surface area contributed by atoms with Crippen molar-refractivity contribution in [1.82, 2.24) is 48.8 Å². The van der Waals surface area contributed by atoms with E-state index in [-0.39, 0.29) is 45.3 Å². The third-order valence-corrected chi connectivity index (χ3v) is 19.2. The largest absolute Gasteiger partial charge is 0.478 e. The Kier molecular flexibility index (Phi) is 22.7. The highest BCUT2D eigenvalue weighted by Gasteiger charge is 2.33. The molecule has 8 rings (SSSR count). The van der Waals surface area contributed by atoms with Crippen molar-refractivity contribution >= 4 is 169 Å². The van der Waals surface area contributed by atoms with Crippen LogP contribution in [-0.2, 0) is 78.4 Å². The first-order chi connectivity index (χ1) is 48.7. The van der Waals surface area contributed by atoms with E-state index in [0.717, 1.165) is 60.7 Å². The second-order valence-corrected chi connectivity index (χ2v) is 27.9. The lowest BCUT2D eigenvalue weighted by molar-refractivity contribution is -0.129. The molecular weight excluding hydrogens is 1460 g/mol. The summed E-state index contributed by atoms with van der Waals surface area (Å²) in [4.78, 5) is 145. The molecule has 28 N–H and O–H groups in total. The molecule has 0 unspecified atom stereocenters. The van der Waals surface area contributed by atoms with Crippen LogP contribution in [0, 0.1) is 0 Å². The average molecular weight is 1510 g/mol. The lowest BCUT2D eigenvalue weighted by Crippen LogP contribution is -2.52. The third kappa shape index (κ3) is 19.1. The van der Waals surface area contributed by atoms with Crippen molar-refractivity contribution in [1.29, 1.82) is 0 Å². The molecule has 0 aliphatic rings. The fourth-order valence-corrected chi connectivity index (χ4v) is 13.7. The summed E-state index contributed by atoms with van der Waals surface area (Å²) < 4.78 is 114. The second kappa shape index (κ2) is 30.9. The molecule has 0 radical (unpaired) electrons. The second-order valence-electron chi connectivity index (χ2n) is 21.0. The van der Waals surface area contributed by atoms with Crippen LogP contribution in [0.1, 0.15) is 20.7 Å². The SMILES string of the molecule is NC(=O)C(NS(=O)(=O)c1cccc(Nc2nc(Nc3cccc(S(=O)(=O)NC(C(N)=O)C(N)=O)c3)nc(Nc3ccc(-c4ccc(Nc5nc(Nc6cccc(S(=O)(=O)NC(C(N)=O)C(N)=O)c6)nc(Nc6cccc(S(=O)(=O)NC(C(N)=O)C(N)=O)c6)n5)cc4C(=O)O)c(C(=O)O)c3)n2)c1)C(N)=O. The molecule has 0 spiro atoms. The quantitative estimate of drug-likeness (QED) is 0.0169. The summed E-state index contributed by atoms with van der Waals surface area (Å²) in [6.45, 7) is 0. The van der Waals surface area contributed by atoms with Crippen LogP contribution in [0.2, 0.25) is 0 Å². The number of rotatable bonds is 35. The molecule has 2 aromatic heterocycles. The number of carbonyl (C=O) groups is 10. The number of carboxylic acid groups (broad SMARTS) is 2. The Morgan fingerprint density at radius 2 is 0.462 bits per heavy atom. The van der Waals surface area contributed by atoms with E-state index in [2.05, 4.69) is 61.8 Å². The highest BCUT2D eigenvalue weighted by molar-refractivity contribution is 7.90. The third-order valence-electron chi connectivity index (χ3n) is 13.5. The van der Waals surface area contributed by atoms with Gasteiger partial charge in [0.1, 0.15) is 0 Å². The van der Waals surface area contributed by atoms with Gasteiger partial charge in [-0.2, -0.15) is 48.8 Å². The molecule has 6 aromatic carbocycles. The molecule has 8 aromatic rings. The number of carboxylic acids is 2.